The molecule has 2 aromatic rings. The van der Waals surface area contributed by atoms with Gasteiger partial charge < -0.3 is 5.32 Å². The lowest BCUT2D eigenvalue weighted by Gasteiger charge is -2.12. The third-order valence-corrected chi connectivity index (χ3v) is 3.47. The Morgan fingerprint density at radius 2 is 2.00 bits per heavy atom. The van der Waals surface area contributed by atoms with Crippen molar-refractivity contribution in [3.8, 4) is 0 Å². The Kier molecular flexibility index (Phi) is 4.23. The number of nitrogens with zero attached hydrogens (tertiary/aromatic N) is 1. The molecule has 2 rings (SSSR count). The van der Waals surface area contributed by atoms with E-state index in [4.69, 9.17) is 4.98 Å². The van der Waals surface area contributed by atoms with E-state index in [0.29, 0.717) is 0 Å². The molecule has 0 spiro atoms. The first-order valence-corrected chi connectivity index (χ1v) is 7.28. The Hall–Kier alpha value is -1.09. The van der Waals surface area contributed by atoms with Gasteiger partial charge in [-0.2, -0.15) is 0 Å². The van der Waals surface area contributed by atoms with Gasteiger partial charge in [0.1, 0.15) is 5.82 Å². The summed E-state index contributed by atoms with van der Waals surface area (Å²) in [5.74, 6) is 1.04. The van der Waals surface area contributed by atoms with Crippen LogP contribution in [0.4, 0.5) is 5.82 Å². The molecule has 0 fully saturated rings. The summed E-state index contributed by atoms with van der Waals surface area (Å²) >= 11 is 3.55. The largest absolute Gasteiger partial charge is 0.370 e. The molecule has 0 saturated heterocycles. The van der Waals surface area contributed by atoms with E-state index in [1.165, 1.54) is 16.5 Å². The zero-order chi connectivity index (χ0) is 13.1. The first-order chi connectivity index (χ1) is 8.65. The van der Waals surface area contributed by atoms with Crippen molar-refractivity contribution in [1.29, 1.82) is 0 Å². The Labute approximate surface area is 117 Å². The van der Waals surface area contributed by atoms with E-state index in [1.807, 2.05) is 0 Å². The highest BCUT2D eigenvalue weighted by molar-refractivity contribution is 9.10. The highest BCUT2D eigenvalue weighted by Crippen LogP contribution is 2.27. The number of benzene rings is 1. The van der Waals surface area contributed by atoms with Gasteiger partial charge in [-0.15, -0.1) is 0 Å². The number of anilines is 1. The van der Waals surface area contributed by atoms with Crippen LogP contribution in [0.15, 0.2) is 22.7 Å². The minimum atomic E-state index is 0.908. The molecule has 96 valence electrons. The van der Waals surface area contributed by atoms with Gasteiger partial charge in [0.15, 0.2) is 0 Å². The Bertz CT molecular complexity index is 564. The van der Waals surface area contributed by atoms with Crippen LogP contribution in [0.3, 0.4) is 0 Å². The predicted octanol–water partition coefficient (Wildman–Crippen LogP) is 4.69. The van der Waals surface area contributed by atoms with Crippen LogP contribution in [-0.4, -0.2) is 11.5 Å². The average molecular weight is 307 g/mol. The normalized spacial score (nSPS) is 10.9. The fourth-order valence-electron chi connectivity index (χ4n) is 2.24. The average Bonchev–Trinajstić information content (AvgIpc) is 2.31. The van der Waals surface area contributed by atoms with Crippen molar-refractivity contribution in [2.45, 2.75) is 33.6 Å². The number of aromatic nitrogens is 1. The molecule has 3 heteroatoms. The maximum atomic E-state index is 4.79. The molecule has 1 heterocycles. The molecular formula is C15H19BrN2. The number of halogens is 1. The third-order valence-electron chi connectivity index (χ3n) is 3.02. The van der Waals surface area contributed by atoms with E-state index in [1.54, 1.807) is 0 Å². The molecule has 0 aliphatic heterocycles. The molecule has 0 aliphatic carbocycles. The van der Waals surface area contributed by atoms with Crippen LogP contribution in [0, 0.1) is 6.92 Å². The maximum absolute atomic E-state index is 4.79. The van der Waals surface area contributed by atoms with Gasteiger partial charge in [-0.05, 0) is 49.6 Å². The monoisotopic (exact) mass is 306 g/mol. The van der Waals surface area contributed by atoms with Crippen molar-refractivity contribution >= 4 is 32.7 Å². The summed E-state index contributed by atoms with van der Waals surface area (Å²) in [5, 5.41) is 4.59. The standard InChI is InChI=1S/C15H19BrN2/c1-4-6-11-8-12-9-13(16)7-10(3)14(12)18-15(11)17-5-2/h7-9H,4-6H2,1-3H3,(H,17,18). The van der Waals surface area contributed by atoms with E-state index in [9.17, 15) is 0 Å². The molecule has 0 unspecified atom stereocenters. The van der Waals surface area contributed by atoms with Crippen molar-refractivity contribution in [2.24, 2.45) is 0 Å². The molecule has 1 aromatic heterocycles. The van der Waals surface area contributed by atoms with Crippen molar-refractivity contribution in [2.75, 3.05) is 11.9 Å². The minimum absolute atomic E-state index is 0.908. The maximum Gasteiger partial charge on any atom is 0.129 e. The highest BCUT2D eigenvalue weighted by Gasteiger charge is 2.08. The fraction of sp³-hybridized carbons (Fsp3) is 0.400. The quantitative estimate of drug-likeness (QED) is 0.886. The van der Waals surface area contributed by atoms with Crippen LogP contribution in [0.25, 0.3) is 10.9 Å². The van der Waals surface area contributed by atoms with Crippen LogP contribution in [-0.2, 0) is 6.42 Å². The summed E-state index contributed by atoms with van der Waals surface area (Å²) in [6, 6.07) is 6.52. The smallest absolute Gasteiger partial charge is 0.129 e. The molecule has 0 aliphatic rings. The van der Waals surface area contributed by atoms with E-state index >= 15 is 0 Å². The van der Waals surface area contributed by atoms with Gasteiger partial charge in [-0.25, -0.2) is 4.98 Å². The summed E-state index contributed by atoms with van der Waals surface area (Å²) in [5.41, 5.74) is 3.61. The summed E-state index contributed by atoms with van der Waals surface area (Å²) in [7, 11) is 0. The van der Waals surface area contributed by atoms with Gasteiger partial charge in [0, 0.05) is 16.4 Å². The van der Waals surface area contributed by atoms with Crippen molar-refractivity contribution in [3.63, 3.8) is 0 Å². The van der Waals surface area contributed by atoms with Crippen molar-refractivity contribution in [3.05, 3.63) is 33.8 Å². The molecule has 0 saturated carbocycles. The van der Waals surface area contributed by atoms with Crippen LogP contribution in [0.5, 0.6) is 0 Å². The second-order valence-electron chi connectivity index (χ2n) is 4.57. The molecule has 18 heavy (non-hydrogen) atoms. The lowest BCUT2D eigenvalue weighted by molar-refractivity contribution is 0.915. The number of pyridine rings is 1. The fourth-order valence-corrected chi connectivity index (χ4v) is 2.83. The zero-order valence-electron chi connectivity index (χ0n) is 11.2. The molecule has 0 bridgehead atoms. The van der Waals surface area contributed by atoms with E-state index in [-0.39, 0.29) is 0 Å². The van der Waals surface area contributed by atoms with Crippen LogP contribution < -0.4 is 5.32 Å². The second kappa shape index (κ2) is 5.70. The summed E-state index contributed by atoms with van der Waals surface area (Å²) in [4.78, 5) is 4.79. The molecule has 0 radical (unpaired) electrons. The van der Waals surface area contributed by atoms with Crippen LogP contribution in [0.1, 0.15) is 31.4 Å². The van der Waals surface area contributed by atoms with Crippen molar-refractivity contribution < 1.29 is 0 Å². The Morgan fingerprint density at radius 3 is 2.67 bits per heavy atom. The van der Waals surface area contributed by atoms with Gasteiger partial charge in [-0.3, -0.25) is 0 Å². The first-order valence-electron chi connectivity index (χ1n) is 6.49. The topological polar surface area (TPSA) is 24.9 Å². The third kappa shape index (κ3) is 2.66. The molecule has 1 aromatic carbocycles. The van der Waals surface area contributed by atoms with Crippen LogP contribution in [0.2, 0.25) is 0 Å². The SMILES string of the molecule is CCCc1cc2cc(Br)cc(C)c2nc1NCC. The van der Waals surface area contributed by atoms with Gasteiger partial charge in [-0.1, -0.05) is 29.3 Å². The summed E-state index contributed by atoms with van der Waals surface area (Å²) < 4.78 is 1.12. The second-order valence-corrected chi connectivity index (χ2v) is 5.49. The number of aryl methyl sites for hydroxylation is 2. The lowest BCUT2D eigenvalue weighted by atomic mass is 10.1. The zero-order valence-corrected chi connectivity index (χ0v) is 12.8. The van der Waals surface area contributed by atoms with Gasteiger partial charge in [0.05, 0.1) is 5.52 Å². The molecule has 0 amide bonds. The van der Waals surface area contributed by atoms with E-state index in [0.717, 1.165) is 35.2 Å². The van der Waals surface area contributed by atoms with Gasteiger partial charge >= 0.3 is 0 Å². The molecule has 2 nitrogen and oxygen atoms in total. The van der Waals surface area contributed by atoms with Gasteiger partial charge in [0.25, 0.3) is 0 Å². The molecule has 1 N–H and O–H groups in total. The molecular weight excluding hydrogens is 288 g/mol. The van der Waals surface area contributed by atoms with Crippen LogP contribution >= 0.6 is 15.9 Å². The Morgan fingerprint density at radius 1 is 1.22 bits per heavy atom. The number of fused-ring (bicyclic) bond motifs is 1. The number of hydrogen-bond donors (Lipinski definition) is 1. The lowest BCUT2D eigenvalue weighted by Crippen LogP contribution is -2.04. The number of nitrogens with one attached hydrogen (secondary N) is 1. The summed E-state index contributed by atoms with van der Waals surface area (Å²) in [6.07, 6.45) is 2.20. The molecule has 0 atom stereocenters. The Balaban J connectivity index is 2.63. The number of hydrogen-bond acceptors (Lipinski definition) is 2. The van der Waals surface area contributed by atoms with E-state index < -0.39 is 0 Å². The van der Waals surface area contributed by atoms with Gasteiger partial charge in [0.2, 0.25) is 0 Å². The minimum Gasteiger partial charge on any atom is -0.370 e. The highest BCUT2D eigenvalue weighted by atomic mass is 79.9. The summed E-state index contributed by atoms with van der Waals surface area (Å²) in [6.45, 7) is 7.32. The number of rotatable bonds is 4. The first kappa shape index (κ1) is 13.3. The van der Waals surface area contributed by atoms with E-state index in [2.05, 4.69) is 60.2 Å². The van der Waals surface area contributed by atoms with Crippen molar-refractivity contribution in [1.82, 2.24) is 4.98 Å². The predicted molar refractivity (Wildman–Crippen MR) is 82.3 cm³/mol.